The molecular weight excluding hydrogens is 226 g/mol. The number of aromatic nitrogens is 3. The van der Waals surface area contributed by atoms with Gasteiger partial charge in [-0.1, -0.05) is 11.6 Å². The third-order valence-corrected chi connectivity index (χ3v) is 2.60. The van der Waals surface area contributed by atoms with Gasteiger partial charge in [0.05, 0.1) is 12.2 Å². The Kier molecular flexibility index (Phi) is 3.10. The van der Waals surface area contributed by atoms with Crippen LogP contribution in [0.2, 0.25) is 5.02 Å². The highest BCUT2D eigenvalue weighted by molar-refractivity contribution is 6.30. The second kappa shape index (κ2) is 4.53. The SMILES string of the molecule is CCn1ccn(Cc2cc(Cl)ccn2)c1=O. The van der Waals surface area contributed by atoms with Gasteiger partial charge in [-0.05, 0) is 19.1 Å². The van der Waals surface area contributed by atoms with Crippen LogP contribution in [-0.4, -0.2) is 14.1 Å². The molecule has 84 valence electrons. The number of hydrogen-bond donors (Lipinski definition) is 0. The molecule has 0 atom stereocenters. The van der Waals surface area contributed by atoms with E-state index in [0.717, 1.165) is 5.69 Å². The van der Waals surface area contributed by atoms with Crippen molar-refractivity contribution in [1.82, 2.24) is 14.1 Å². The molecule has 0 aliphatic heterocycles. The van der Waals surface area contributed by atoms with Crippen molar-refractivity contribution >= 4 is 11.6 Å². The zero-order valence-electron chi connectivity index (χ0n) is 8.93. The predicted octanol–water partition coefficient (Wildman–Crippen LogP) is 1.77. The van der Waals surface area contributed by atoms with Gasteiger partial charge in [0.25, 0.3) is 0 Å². The molecule has 0 N–H and O–H groups in total. The molecule has 0 aliphatic rings. The van der Waals surface area contributed by atoms with Gasteiger partial charge in [-0.3, -0.25) is 14.1 Å². The standard InChI is InChI=1S/C11H12ClN3O/c1-2-14-5-6-15(11(14)16)8-10-7-9(12)3-4-13-10/h3-7H,2,8H2,1H3. The number of halogens is 1. The molecule has 2 aromatic heterocycles. The van der Waals surface area contributed by atoms with Crippen LogP contribution >= 0.6 is 11.6 Å². The summed E-state index contributed by atoms with van der Waals surface area (Å²) in [6.45, 7) is 3.06. The summed E-state index contributed by atoms with van der Waals surface area (Å²) in [6, 6.07) is 3.47. The molecule has 2 heterocycles. The Balaban J connectivity index is 2.27. The van der Waals surface area contributed by atoms with E-state index in [4.69, 9.17) is 11.6 Å². The van der Waals surface area contributed by atoms with E-state index in [1.165, 1.54) is 0 Å². The van der Waals surface area contributed by atoms with Crippen LogP contribution in [0.15, 0.2) is 35.5 Å². The Morgan fingerprint density at radius 2 is 2.12 bits per heavy atom. The number of pyridine rings is 1. The molecule has 2 aromatic rings. The third-order valence-electron chi connectivity index (χ3n) is 2.37. The van der Waals surface area contributed by atoms with Gasteiger partial charge in [0.2, 0.25) is 0 Å². The fraction of sp³-hybridized carbons (Fsp3) is 0.273. The molecule has 0 aromatic carbocycles. The van der Waals surface area contributed by atoms with E-state index in [2.05, 4.69) is 4.98 Å². The average Bonchev–Trinajstić information content (AvgIpc) is 2.60. The Labute approximate surface area is 98.1 Å². The maximum absolute atomic E-state index is 11.8. The summed E-state index contributed by atoms with van der Waals surface area (Å²) in [5.74, 6) is 0. The highest BCUT2D eigenvalue weighted by Gasteiger charge is 2.03. The van der Waals surface area contributed by atoms with Gasteiger partial charge < -0.3 is 0 Å². The summed E-state index contributed by atoms with van der Waals surface area (Å²) in [4.78, 5) is 15.9. The minimum absolute atomic E-state index is 0.0238. The zero-order valence-corrected chi connectivity index (χ0v) is 9.68. The molecule has 0 aliphatic carbocycles. The van der Waals surface area contributed by atoms with Crippen LogP contribution in [0.4, 0.5) is 0 Å². The Hall–Kier alpha value is -1.55. The van der Waals surface area contributed by atoms with E-state index in [1.807, 2.05) is 6.92 Å². The molecule has 4 nitrogen and oxygen atoms in total. The highest BCUT2D eigenvalue weighted by Crippen LogP contribution is 2.08. The fourth-order valence-corrected chi connectivity index (χ4v) is 1.71. The number of aryl methyl sites for hydroxylation is 1. The first-order valence-corrected chi connectivity index (χ1v) is 5.44. The van der Waals surface area contributed by atoms with Crippen LogP contribution in [-0.2, 0) is 13.1 Å². The van der Waals surface area contributed by atoms with E-state index >= 15 is 0 Å². The summed E-state index contributed by atoms with van der Waals surface area (Å²) in [5.41, 5.74) is 0.757. The number of rotatable bonds is 3. The maximum Gasteiger partial charge on any atom is 0.328 e. The van der Waals surface area contributed by atoms with Crippen LogP contribution in [0, 0.1) is 0 Å². The van der Waals surface area contributed by atoms with Crippen LogP contribution < -0.4 is 5.69 Å². The third kappa shape index (κ3) is 2.17. The first kappa shape index (κ1) is 11.0. The molecule has 0 amide bonds. The van der Waals surface area contributed by atoms with Crippen LogP contribution in [0.1, 0.15) is 12.6 Å². The lowest BCUT2D eigenvalue weighted by atomic mass is 10.3. The first-order valence-electron chi connectivity index (χ1n) is 5.06. The molecule has 0 bridgehead atoms. The van der Waals surface area contributed by atoms with E-state index in [1.54, 1.807) is 39.9 Å². The van der Waals surface area contributed by atoms with Crippen molar-refractivity contribution in [1.29, 1.82) is 0 Å². The van der Waals surface area contributed by atoms with Crippen LogP contribution in [0.3, 0.4) is 0 Å². The summed E-state index contributed by atoms with van der Waals surface area (Å²) in [7, 11) is 0. The molecule has 16 heavy (non-hydrogen) atoms. The quantitative estimate of drug-likeness (QED) is 0.816. The fourth-order valence-electron chi connectivity index (χ4n) is 1.52. The second-order valence-electron chi connectivity index (χ2n) is 3.46. The van der Waals surface area contributed by atoms with Crippen LogP contribution in [0.25, 0.3) is 0 Å². The lowest BCUT2D eigenvalue weighted by Gasteiger charge is -2.01. The van der Waals surface area contributed by atoms with Crippen molar-refractivity contribution in [2.24, 2.45) is 0 Å². The summed E-state index contributed by atoms with van der Waals surface area (Å²) >= 11 is 5.85. The van der Waals surface area contributed by atoms with Gasteiger partial charge in [0.15, 0.2) is 0 Å². The second-order valence-corrected chi connectivity index (χ2v) is 3.90. The topological polar surface area (TPSA) is 39.8 Å². The van der Waals surface area contributed by atoms with Crippen molar-refractivity contribution in [2.75, 3.05) is 0 Å². The predicted molar refractivity (Wildman–Crippen MR) is 62.7 cm³/mol. The minimum atomic E-state index is -0.0238. The van der Waals surface area contributed by atoms with Crippen molar-refractivity contribution in [3.63, 3.8) is 0 Å². The molecular formula is C11H12ClN3O. The Bertz CT molecular complexity index is 544. The summed E-state index contributed by atoms with van der Waals surface area (Å²) < 4.78 is 3.26. The van der Waals surface area contributed by atoms with Gasteiger partial charge in [0, 0.05) is 30.2 Å². The monoisotopic (exact) mass is 237 g/mol. The summed E-state index contributed by atoms with van der Waals surface area (Å²) in [6.07, 6.45) is 5.17. The zero-order chi connectivity index (χ0) is 11.5. The molecule has 0 saturated carbocycles. The molecule has 0 saturated heterocycles. The molecule has 0 fully saturated rings. The Morgan fingerprint density at radius 1 is 1.38 bits per heavy atom. The molecule has 0 unspecified atom stereocenters. The van der Waals surface area contributed by atoms with Gasteiger partial charge in [-0.15, -0.1) is 0 Å². The van der Waals surface area contributed by atoms with Crippen molar-refractivity contribution < 1.29 is 0 Å². The van der Waals surface area contributed by atoms with E-state index in [-0.39, 0.29) is 5.69 Å². The van der Waals surface area contributed by atoms with Gasteiger partial charge >= 0.3 is 5.69 Å². The van der Waals surface area contributed by atoms with Gasteiger partial charge in [-0.2, -0.15) is 0 Å². The number of imidazole rings is 1. The van der Waals surface area contributed by atoms with Crippen molar-refractivity contribution in [2.45, 2.75) is 20.0 Å². The van der Waals surface area contributed by atoms with E-state index < -0.39 is 0 Å². The molecule has 2 rings (SSSR count). The van der Waals surface area contributed by atoms with Crippen molar-refractivity contribution in [3.8, 4) is 0 Å². The normalized spacial score (nSPS) is 10.6. The minimum Gasteiger partial charge on any atom is -0.300 e. The lowest BCUT2D eigenvalue weighted by Crippen LogP contribution is -2.24. The number of hydrogen-bond acceptors (Lipinski definition) is 2. The van der Waals surface area contributed by atoms with Crippen LogP contribution in [0.5, 0.6) is 0 Å². The highest BCUT2D eigenvalue weighted by atomic mass is 35.5. The Morgan fingerprint density at radius 3 is 2.75 bits per heavy atom. The first-order chi connectivity index (χ1) is 7.70. The van der Waals surface area contributed by atoms with Gasteiger partial charge in [-0.25, -0.2) is 4.79 Å². The molecule has 0 radical (unpaired) electrons. The van der Waals surface area contributed by atoms with E-state index in [0.29, 0.717) is 18.1 Å². The van der Waals surface area contributed by atoms with E-state index in [9.17, 15) is 4.79 Å². The lowest BCUT2D eigenvalue weighted by molar-refractivity contribution is 0.662. The van der Waals surface area contributed by atoms with Gasteiger partial charge in [0.1, 0.15) is 0 Å². The van der Waals surface area contributed by atoms with Crippen molar-refractivity contribution in [3.05, 3.63) is 51.9 Å². The average molecular weight is 238 g/mol. The number of nitrogens with zero attached hydrogens (tertiary/aromatic N) is 3. The molecule has 5 heteroatoms. The largest absolute Gasteiger partial charge is 0.328 e. The summed E-state index contributed by atoms with van der Waals surface area (Å²) in [5, 5.41) is 0.632. The molecule has 0 spiro atoms. The smallest absolute Gasteiger partial charge is 0.300 e. The maximum atomic E-state index is 11.8.